The largest absolute Gasteiger partial charge is 0.462 e. The van der Waals surface area contributed by atoms with Crippen molar-refractivity contribution < 1.29 is 19.1 Å². The first kappa shape index (κ1) is 15.8. The maximum atomic E-state index is 12.1. The number of esters is 1. The molecule has 1 aromatic heterocycles. The summed E-state index contributed by atoms with van der Waals surface area (Å²) >= 11 is 1.36. The zero-order valence-corrected chi connectivity index (χ0v) is 12.9. The number of benzene rings is 1. The Bertz CT molecular complexity index is 678. The summed E-state index contributed by atoms with van der Waals surface area (Å²) in [6.45, 7) is 1.96. The number of rotatable bonds is 5. The number of aromatic nitrogens is 1. The SMILES string of the molecule is CCOC(=O)/C(=C\NNC(=O)OC)c1nc2ccccc2s1. The molecule has 0 bridgehead atoms. The zero-order valence-electron chi connectivity index (χ0n) is 12.1. The quantitative estimate of drug-likeness (QED) is 0.498. The molecule has 0 saturated carbocycles. The van der Waals surface area contributed by atoms with Crippen LogP contribution in [0.15, 0.2) is 30.5 Å². The lowest BCUT2D eigenvalue weighted by Crippen LogP contribution is -2.33. The number of nitrogens with one attached hydrogen (secondary N) is 2. The molecule has 0 spiro atoms. The van der Waals surface area contributed by atoms with E-state index in [-0.39, 0.29) is 12.2 Å². The summed E-state index contributed by atoms with van der Waals surface area (Å²) in [5.41, 5.74) is 5.75. The van der Waals surface area contributed by atoms with Gasteiger partial charge in [-0.15, -0.1) is 11.3 Å². The van der Waals surface area contributed by atoms with Gasteiger partial charge in [-0.2, -0.15) is 0 Å². The van der Waals surface area contributed by atoms with Gasteiger partial charge in [0.05, 0.1) is 23.9 Å². The van der Waals surface area contributed by atoms with Crippen molar-refractivity contribution in [3.05, 3.63) is 35.5 Å². The molecular weight excluding hydrogens is 306 g/mol. The predicted octanol–water partition coefficient (Wildman–Crippen LogP) is 2.06. The van der Waals surface area contributed by atoms with Gasteiger partial charge in [-0.1, -0.05) is 12.1 Å². The molecule has 1 amide bonds. The molecule has 0 saturated heterocycles. The lowest BCUT2D eigenvalue weighted by Gasteiger charge is -2.06. The summed E-state index contributed by atoms with van der Waals surface area (Å²) in [6, 6.07) is 7.55. The number of para-hydroxylation sites is 1. The van der Waals surface area contributed by atoms with Crippen LogP contribution in [0.5, 0.6) is 0 Å². The van der Waals surface area contributed by atoms with Gasteiger partial charge in [-0.05, 0) is 19.1 Å². The minimum Gasteiger partial charge on any atom is -0.462 e. The van der Waals surface area contributed by atoms with Crippen LogP contribution in [0.2, 0.25) is 0 Å². The molecule has 0 fully saturated rings. The van der Waals surface area contributed by atoms with Crippen molar-refractivity contribution in [3.8, 4) is 0 Å². The van der Waals surface area contributed by atoms with E-state index in [9.17, 15) is 9.59 Å². The number of hydrazine groups is 1. The molecule has 2 N–H and O–H groups in total. The van der Waals surface area contributed by atoms with E-state index < -0.39 is 12.1 Å². The minimum absolute atomic E-state index is 0.222. The molecule has 0 aliphatic heterocycles. The van der Waals surface area contributed by atoms with E-state index in [1.165, 1.54) is 24.6 Å². The van der Waals surface area contributed by atoms with Crippen molar-refractivity contribution in [1.82, 2.24) is 15.8 Å². The number of carbonyl (C=O) groups is 2. The zero-order chi connectivity index (χ0) is 15.9. The third-order valence-corrected chi connectivity index (χ3v) is 3.67. The van der Waals surface area contributed by atoms with Gasteiger partial charge in [-0.3, -0.25) is 0 Å². The van der Waals surface area contributed by atoms with Crippen LogP contribution < -0.4 is 10.9 Å². The average molecular weight is 321 g/mol. The highest BCUT2D eigenvalue weighted by Gasteiger charge is 2.17. The number of methoxy groups -OCH3 is 1. The second-order valence-corrected chi connectivity index (χ2v) is 5.06. The Hall–Kier alpha value is -2.61. The lowest BCUT2D eigenvalue weighted by molar-refractivity contribution is -0.136. The Morgan fingerprint density at radius 3 is 2.82 bits per heavy atom. The molecule has 0 atom stereocenters. The first-order chi connectivity index (χ1) is 10.7. The molecule has 0 aliphatic rings. The van der Waals surface area contributed by atoms with Crippen LogP contribution in [-0.4, -0.2) is 30.8 Å². The van der Waals surface area contributed by atoms with E-state index >= 15 is 0 Å². The maximum Gasteiger partial charge on any atom is 0.425 e. The van der Waals surface area contributed by atoms with Crippen molar-refractivity contribution in [3.63, 3.8) is 0 Å². The number of thiazole rings is 1. The molecular formula is C14H15N3O4S. The van der Waals surface area contributed by atoms with Crippen LogP contribution in [0.1, 0.15) is 11.9 Å². The molecule has 0 radical (unpaired) electrons. The van der Waals surface area contributed by atoms with Gasteiger partial charge < -0.3 is 14.9 Å². The van der Waals surface area contributed by atoms with Gasteiger partial charge in [0.2, 0.25) is 0 Å². The van der Waals surface area contributed by atoms with Gasteiger partial charge in [0.15, 0.2) is 0 Å². The monoisotopic (exact) mass is 321 g/mol. The number of fused-ring (bicyclic) bond motifs is 1. The van der Waals surface area contributed by atoms with Crippen LogP contribution in [0, 0.1) is 0 Å². The highest BCUT2D eigenvalue weighted by atomic mass is 32.1. The summed E-state index contributed by atoms with van der Waals surface area (Å²) in [5.74, 6) is -0.527. The molecule has 2 aromatic rings. The Labute approximate surface area is 130 Å². The minimum atomic E-state index is -0.677. The molecule has 1 aromatic carbocycles. The molecule has 1 heterocycles. The molecule has 22 heavy (non-hydrogen) atoms. The van der Waals surface area contributed by atoms with Crippen molar-refractivity contribution >= 4 is 39.2 Å². The number of hydrogen-bond donors (Lipinski definition) is 2. The van der Waals surface area contributed by atoms with Gasteiger partial charge >= 0.3 is 12.1 Å². The van der Waals surface area contributed by atoms with Crippen molar-refractivity contribution in [2.24, 2.45) is 0 Å². The smallest absolute Gasteiger partial charge is 0.425 e. The summed E-state index contributed by atoms with van der Waals surface area (Å²) in [5, 5.41) is 0.499. The van der Waals surface area contributed by atoms with Crippen LogP contribution in [-0.2, 0) is 14.3 Å². The first-order valence-corrected chi connectivity index (χ1v) is 7.30. The van der Waals surface area contributed by atoms with Gasteiger partial charge in [0.1, 0.15) is 10.6 Å². The Morgan fingerprint density at radius 1 is 1.36 bits per heavy atom. The van der Waals surface area contributed by atoms with Crippen LogP contribution in [0.4, 0.5) is 4.79 Å². The Morgan fingerprint density at radius 2 is 2.14 bits per heavy atom. The lowest BCUT2D eigenvalue weighted by atomic mass is 10.3. The number of amides is 1. The fourth-order valence-corrected chi connectivity index (χ4v) is 2.59. The second-order valence-electron chi connectivity index (χ2n) is 4.03. The van der Waals surface area contributed by atoms with E-state index in [0.29, 0.717) is 5.01 Å². The highest BCUT2D eigenvalue weighted by molar-refractivity contribution is 7.19. The van der Waals surface area contributed by atoms with Gasteiger partial charge in [-0.25, -0.2) is 20.0 Å². The predicted molar refractivity (Wildman–Crippen MR) is 82.9 cm³/mol. The van der Waals surface area contributed by atoms with E-state index in [2.05, 4.69) is 20.6 Å². The fraction of sp³-hybridized carbons (Fsp3) is 0.214. The molecule has 8 heteroatoms. The molecule has 2 rings (SSSR count). The average Bonchev–Trinajstić information content (AvgIpc) is 2.94. The second kappa shape index (κ2) is 7.41. The maximum absolute atomic E-state index is 12.1. The topological polar surface area (TPSA) is 89.6 Å². The van der Waals surface area contributed by atoms with Crippen LogP contribution in [0.3, 0.4) is 0 Å². The molecule has 0 aliphatic carbocycles. The fourth-order valence-electron chi connectivity index (χ4n) is 1.62. The third-order valence-electron chi connectivity index (χ3n) is 2.60. The highest BCUT2D eigenvalue weighted by Crippen LogP contribution is 2.27. The van der Waals surface area contributed by atoms with Gasteiger partial charge in [0, 0.05) is 6.20 Å². The van der Waals surface area contributed by atoms with E-state index in [4.69, 9.17) is 4.74 Å². The molecule has 7 nitrogen and oxygen atoms in total. The summed E-state index contributed by atoms with van der Waals surface area (Å²) in [7, 11) is 1.24. The van der Waals surface area contributed by atoms with Crippen molar-refractivity contribution in [2.45, 2.75) is 6.92 Å². The summed E-state index contributed by atoms with van der Waals surface area (Å²) in [6.07, 6.45) is 0.649. The first-order valence-electron chi connectivity index (χ1n) is 6.48. The normalized spacial score (nSPS) is 11.1. The third kappa shape index (κ3) is 3.73. The number of hydrogen-bond acceptors (Lipinski definition) is 7. The van der Waals surface area contributed by atoms with E-state index in [1.54, 1.807) is 6.92 Å². The Kier molecular flexibility index (Phi) is 5.31. The number of carbonyl (C=O) groups excluding carboxylic acids is 2. The summed E-state index contributed by atoms with van der Waals surface area (Å²) in [4.78, 5) is 27.5. The van der Waals surface area contributed by atoms with E-state index in [1.807, 2.05) is 24.3 Å². The summed E-state index contributed by atoms with van der Waals surface area (Å²) < 4.78 is 10.4. The van der Waals surface area contributed by atoms with Gasteiger partial charge in [0.25, 0.3) is 0 Å². The standard InChI is InChI=1S/C14H15N3O4S/c1-3-21-13(18)9(8-15-17-14(19)20-2)12-16-10-6-4-5-7-11(10)22-12/h4-8,15H,3H2,1-2H3,(H,17,19)/b9-8-. The number of nitrogens with zero attached hydrogens (tertiary/aromatic N) is 1. The molecule has 116 valence electrons. The van der Waals surface area contributed by atoms with Crippen molar-refractivity contribution in [2.75, 3.05) is 13.7 Å². The van der Waals surface area contributed by atoms with Crippen LogP contribution in [0.25, 0.3) is 15.8 Å². The molecule has 0 unspecified atom stereocenters. The number of ether oxygens (including phenoxy) is 2. The van der Waals surface area contributed by atoms with Crippen LogP contribution >= 0.6 is 11.3 Å². The van der Waals surface area contributed by atoms with E-state index in [0.717, 1.165) is 10.2 Å². The van der Waals surface area contributed by atoms with Crippen molar-refractivity contribution in [1.29, 1.82) is 0 Å². The Balaban J connectivity index is 2.28.